The van der Waals surface area contributed by atoms with Gasteiger partial charge < -0.3 is 4.74 Å². The first-order chi connectivity index (χ1) is 11.8. The Morgan fingerprint density at radius 1 is 1.36 bits per heavy atom. The SMILES string of the molecule is CCN(C(=O)OC(C)(C)C)c1cc2[nH]nc(-c3cnn(C)c3)c2cn1. The summed E-state index contributed by atoms with van der Waals surface area (Å²) in [5.41, 5.74) is 1.92. The fourth-order valence-corrected chi connectivity index (χ4v) is 2.51. The van der Waals surface area contributed by atoms with Crippen LogP contribution in [0.15, 0.2) is 24.7 Å². The molecule has 0 aliphatic carbocycles. The number of carbonyl (C=O) groups is 1. The molecule has 1 N–H and O–H groups in total. The van der Waals surface area contributed by atoms with Crippen molar-refractivity contribution in [3.8, 4) is 11.3 Å². The van der Waals surface area contributed by atoms with Gasteiger partial charge in [0.15, 0.2) is 0 Å². The van der Waals surface area contributed by atoms with Gasteiger partial charge in [0, 0.05) is 43.0 Å². The van der Waals surface area contributed by atoms with E-state index in [2.05, 4.69) is 20.3 Å². The number of nitrogens with one attached hydrogen (secondary N) is 1. The van der Waals surface area contributed by atoms with Crippen molar-refractivity contribution in [2.45, 2.75) is 33.3 Å². The standard InChI is InChI=1S/C17H22N6O2/c1-6-23(16(24)25-17(2,3)4)14-7-13-12(9-18-14)15(21-20-13)11-8-19-22(5)10-11/h7-10H,6H2,1-5H3,(H,20,21). The topological polar surface area (TPSA) is 88.9 Å². The molecule has 0 saturated carbocycles. The van der Waals surface area contributed by atoms with Crippen molar-refractivity contribution in [2.24, 2.45) is 7.05 Å². The Morgan fingerprint density at radius 2 is 2.12 bits per heavy atom. The fourth-order valence-electron chi connectivity index (χ4n) is 2.51. The highest BCUT2D eigenvalue weighted by Gasteiger charge is 2.23. The summed E-state index contributed by atoms with van der Waals surface area (Å²) in [6.45, 7) is 7.85. The van der Waals surface area contributed by atoms with Crippen LogP contribution in [0.2, 0.25) is 0 Å². The molecular formula is C17H22N6O2. The predicted octanol–water partition coefficient (Wildman–Crippen LogP) is 3.12. The molecule has 1 amide bonds. The molecule has 3 rings (SSSR count). The van der Waals surface area contributed by atoms with Gasteiger partial charge in [-0.1, -0.05) is 0 Å². The number of ether oxygens (including phenoxy) is 1. The van der Waals surface area contributed by atoms with E-state index in [0.717, 1.165) is 22.2 Å². The van der Waals surface area contributed by atoms with E-state index in [0.29, 0.717) is 12.4 Å². The van der Waals surface area contributed by atoms with Crippen LogP contribution in [0.25, 0.3) is 22.2 Å². The number of rotatable bonds is 3. The van der Waals surface area contributed by atoms with Crippen LogP contribution >= 0.6 is 0 Å². The molecule has 0 atom stereocenters. The zero-order valence-corrected chi connectivity index (χ0v) is 15.1. The molecule has 8 heteroatoms. The lowest BCUT2D eigenvalue weighted by molar-refractivity contribution is 0.0581. The van der Waals surface area contributed by atoms with Gasteiger partial charge in [-0.3, -0.25) is 14.7 Å². The van der Waals surface area contributed by atoms with E-state index in [1.165, 1.54) is 4.90 Å². The monoisotopic (exact) mass is 342 g/mol. The minimum absolute atomic E-state index is 0.422. The van der Waals surface area contributed by atoms with E-state index in [1.54, 1.807) is 23.1 Å². The van der Waals surface area contributed by atoms with Crippen molar-refractivity contribution in [1.29, 1.82) is 0 Å². The molecule has 0 unspecified atom stereocenters. The van der Waals surface area contributed by atoms with Gasteiger partial charge in [-0.15, -0.1) is 0 Å². The molecular weight excluding hydrogens is 320 g/mol. The summed E-state index contributed by atoms with van der Waals surface area (Å²) in [4.78, 5) is 18.3. The number of hydrogen-bond donors (Lipinski definition) is 1. The molecule has 0 fully saturated rings. The van der Waals surface area contributed by atoms with Gasteiger partial charge in [-0.2, -0.15) is 10.2 Å². The number of fused-ring (bicyclic) bond motifs is 1. The molecule has 132 valence electrons. The normalized spacial score (nSPS) is 11.7. The second-order valence-electron chi connectivity index (χ2n) is 6.79. The molecule has 25 heavy (non-hydrogen) atoms. The lowest BCUT2D eigenvalue weighted by atomic mass is 10.2. The maximum atomic E-state index is 12.4. The first-order valence-corrected chi connectivity index (χ1v) is 8.12. The number of H-pyrrole nitrogens is 1. The number of aromatic amines is 1. The maximum Gasteiger partial charge on any atom is 0.415 e. The van der Waals surface area contributed by atoms with E-state index >= 15 is 0 Å². The number of carbonyl (C=O) groups excluding carboxylic acids is 1. The van der Waals surface area contributed by atoms with Crippen molar-refractivity contribution in [2.75, 3.05) is 11.4 Å². The Morgan fingerprint density at radius 3 is 2.72 bits per heavy atom. The Hall–Kier alpha value is -2.90. The third-order valence-corrected chi connectivity index (χ3v) is 3.62. The van der Waals surface area contributed by atoms with Crippen LogP contribution in [-0.2, 0) is 11.8 Å². The summed E-state index contributed by atoms with van der Waals surface area (Å²) >= 11 is 0. The maximum absolute atomic E-state index is 12.4. The van der Waals surface area contributed by atoms with Crippen LogP contribution in [0.3, 0.4) is 0 Å². The Labute approximate surface area is 145 Å². The average molecular weight is 342 g/mol. The predicted molar refractivity (Wildman–Crippen MR) is 95.3 cm³/mol. The van der Waals surface area contributed by atoms with E-state index in [4.69, 9.17) is 4.74 Å². The van der Waals surface area contributed by atoms with E-state index in [9.17, 15) is 4.79 Å². The minimum Gasteiger partial charge on any atom is -0.443 e. The quantitative estimate of drug-likeness (QED) is 0.790. The Bertz CT molecular complexity index is 905. The van der Waals surface area contributed by atoms with Crippen LogP contribution in [0.1, 0.15) is 27.7 Å². The van der Waals surface area contributed by atoms with E-state index in [-0.39, 0.29) is 0 Å². The van der Waals surface area contributed by atoms with Gasteiger partial charge in [0.05, 0.1) is 11.7 Å². The summed E-state index contributed by atoms with van der Waals surface area (Å²) in [7, 11) is 1.86. The Balaban J connectivity index is 1.94. The van der Waals surface area contributed by atoms with Gasteiger partial charge in [0.2, 0.25) is 0 Å². The number of hydrogen-bond acceptors (Lipinski definition) is 5. The van der Waals surface area contributed by atoms with E-state index < -0.39 is 11.7 Å². The van der Waals surface area contributed by atoms with Gasteiger partial charge in [0.1, 0.15) is 17.1 Å². The highest BCUT2D eigenvalue weighted by Crippen LogP contribution is 2.27. The van der Waals surface area contributed by atoms with E-state index in [1.807, 2.05) is 40.9 Å². The summed E-state index contributed by atoms with van der Waals surface area (Å²) in [5, 5.41) is 12.4. The first-order valence-electron chi connectivity index (χ1n) is 8.12. The summed E-state index contributed by atoms with van der Waals surface area (Å²) in [5.74, 6) is 0.519. The van der Waals surface area contributed by atoms with Crippen molar-refractivity contribution in [1.82, 2.24) is 25.0 Å². The number of amides is 1. The lowest BCUT2D eigenvalue weighted by Gasteiger charge is -2.25. The molecule has 3 aromatic heterocycles. The molecule has 8 nitrogen and oxygen atoms in total. The van der Waals surface area contributed by atoms with Crippen LogP contribution in [0.4, 0.5) is 10.6 Å². The molecule has 3 heterocycles. The van der Waals surface area contributed by atoms with Crippen molar-refractivity contribution < 1.29 is 9.53 Å². The van der Waals surface area contributed by atoms with Crippen molar-refractivity contribution >= 4 is 22.8 Å². The Kier molecular flexibility index (Phi) is 4.20. The third-order valence-electron chi connectivity index (χ3n) is 3.62. The molecule has 0 radical (unpaired) electrons. The minimum atomic E-state index is -0.559. The zero-order chi connectivity index (χ0) is 18.2. The summed E-state index contributed by atoms with van der Waals surface area (Å²) < 4.78 is 7.17. The number of pyridine rings is 1. The molecule has 0 saturated heterocycles. The van der Waals surface area contributed by atoms with Crippen LogP contribution in [0, 0.1) is 0 Å². The number of nitrogens with zero attached hydrogens (tertiary/aromatic N) is 5. The second-order valence-corrected chi connectivity index (χ2v) is 6.79. The lowest BCUT2D eigenvalue weighted by Crippen LogP contribution is -2.37. The van der Waals surface area contributed by atoms with Crippen LogP contribution < -0.4 is 4.90 Å². The third kappa shape index (κ3) is 3.47. The van der Waals surface area contributed by atoms with Gasteiger partial charge in [-0.25, -0.2) is 9.78 Å². The molecule has 0 bridgehead atoms. The molecule has 0 aliphatic heterocycles. The van der Waals surface area contributed by atoms with Gasteiger partial charge >= 0.3 is 6.09 Å². The number of anilines is 1. The second kappa shape index (κ2) is 6.19. The van der Waals surface area contributed by atoms with Gasteiger partial charge in [-0.05, 0) is 27.7 Å². The largest absolute Gasteiger partial charge is 0.443 e. The summed E-state index contributed by atoms with van der Waals surface area (Å²) in [6, 6.07) is 1.80. The van der Waals surface area contributed by atoms with Gasteiger partial charge in [0.25, 0.3) is 0 Å². The highest BCUT2D eigenvalue weighted by atomic mass is 16.6. The number of aryl methyl sites for hydroxylation is 1. The molecule has 0 aliphatic rings. The average Bonchev–Trinajstić information content (AvgIpc) is 3.11. The number of aromatic nitrogens is 5. The highest BCUT2D eigenvalue weighted by molar-refractivity contribution is 5.95. The molecule has 0 aromatic carbocycles. The summed E-state index contributed by atoms with van der Waals surface area (Å²) in [6.07, 6.45) is 4.93. The fraction of sp³-hybridized carbons (Fsp3) is 0.412. The first kappa shape index (κ1) is 16.9. The zero-order valence-electron chi connectivity index (χ0n) is 15.1. The molecule has 3 aromatic rings. The van der Waals surface area contributed by atoms with Crippen LogP contribution in [0.5, 0.6) is 0 Å². The molecule has 0 spiro atoms. The van der Waals surface area contributed by atoms with Crippen LogP contribution in [-0.4, -0.2) is 43.2 Å². The van der Waals surface area contributed by atoms with Crippen molar-refractivity contribution in [3.63, 3.8) is 0 Å². The van der Waals surface area contributed by atoms with Crippen molar-refractivity contribution in [3.05, 3.63) is 24.7 Å². The smallest absolute Gasteiger partial charge is 0.415 e.